The molecule has 2 heterocycles. The normalized spacial score (nSPS) is 16.0. The lowest BCUT2D eigenvalue weighted by atomic mass is 10.1. The maximum Gasteiger partial charge on any atom is 0.416 e. The molecule has 1 aliphatic rings. The predicted molar refractivity (Wildman–Crippen MR) is 126 cm³/mol. The Morgan fingerprint density at radius 3 is 2.47 bits per heavy atom. The van der Waals surface area contributed by atoms with Gasteiger partial charge in [0.1, 0.15) is 11.5 Å². The van der Waals surface area contributed by atoms with Gasteiger partial charge in [-0.25, -0.2) is 13.4 Å². The number of amides is 1. The van der Waals surface area contributed by atoms with E-state index in [-0.39, 0.29) is 36.2 Å². The van der Waals surface area contributed by atoms with Crippen molar-refractivity contribution in [2.24, 2.45) is 0 Å². The molecule has 0 spiro atoms. The number of rotatable bonds is 5. The van der Waals surface area contributed by atoms with Crippen molar-refractivity contribution in [2.75, 3.05) is 0 Å². The van der Waals surface area contributed by atoms with Gasteiger partial charge in [0.25, 0.3) is 15.9 Å². The second kappa shape index (κ2) is 9.19. The number of thioether (sulfide) groups is 1. The number of benzene rings is 2. The first-order valence-corrected chi connectivity index (χ1v) is 12.4. The smallest absolute Gasteiger partial charge is 0.416 e. The van der Waals surface area contributed by atoms with E-state index in [2.05, 4.69) is 4.83 Å². The van der Waals surface area contributed by atoms with Crippen LogP contribution in [0, 0.1) is 0 Å². The van der Waals surface area contributed by atoms with E-state index in [0.717, 1.165) is 35.0 Å². The zero-order valence-electron chi connectivity index (χ0n) is 16.7. The van der Waals surface area contributed by atoms with Crippen molar-refractivity contribution in [3.8, 4) is 11.3 Å². The number of halogens is 4. The van der Waals surface area contributed by atoms with Gasteiger partial charge in [-0.2, -0.15) is 13.2 Å². The molecule has 1 saturated heterocycles. The van der Waals surface area contributed by atoms with Crippen molar-refractivity contribution in [2.45, 2.75) is 11.1 Å². The van der Waals surface area contributed by atoms with Gasteiger partial charge in [0.05, 0.1) is 20.4 Å². The summed E-state index contributed by atoms with van der Waals surface area (Å²) < 4.78 is 69.7. The number of nitrogens with zero attached hydrogens (tertiary/aromatic N) is 1. The van der Waals surface area contributed by atoms with Gasteiger partial charge in [-0.3, -0.25) is 4.79 Å². The highest BCUT2D eigenvalue weighted by Gasteiger charge is 2.36. The average molecular weight is 545 g/mol. The molecule has 0 saturated carbocycles. The number of carbonyl (C=O) groups excluding carboxylic acids is 1. The second-order valence-corrected chi connectivity index (χ2v) is 10.6. The zero-order chi connectivity index (χ0) is 24.7. The van der Waals surface area contributed by atoms with E-state index in [9.17, 15) is 26.4 Å². The Labute approximate surface area is 206 Å². The summed E-state index contributed by atoms with van der Waals surface area (Å²) in [6.45, 7) is 0. The highest BCUT2D eigenvalue weighted by molar-refractivity contribution is 8.26. The summed E-state index contributed by atoms with van der Waals surface area (Å²) in [6, 6.07) is 13.1. The molecule has 0 radical (unpaired) electrons. The third-order valence-corrected chi connectivity index (χ3v) is 7.47. The molecule has 1 fully saturated rings. The Bertz CT molecular complexity index is 1420. The van der Waals surface area contributed by atoms with Crippen LogP contribution in [0.25, 0.3) is 17.4 Å². The molecular formula is C21H12ClF3N2O4S3. The van der Waals surface area contributed by atoms with Crippen LogP contribution in [0.3, 0.4) is 0 Å². The van der Waals surface area contributed by atoms with Gasteiger partial charge >= 0.3 is 6.18 Å². The molecule has 1 amide bonds. The van der Waals surface area contributed by atoms with Gasteiger partial charge < -0.3 is 4.42 Å². The van der Waals surface area contributed by atoms with E-state index >= 15 is 0 Å². The fourth-order valence-electron chi connectivity index (χ4n) is 2.91. The fourth-order valence-corrected chi connectivity index (χ4v) is 5.43. The van der Waals surface area contributed by atoms with Gasteiger partial charge in [-0.1, -0.05) is 53.8 Å². The number of thiocarbonyl (C=S) groups is 1. The van der Waals surface area contributed by atoms with Crippen molar-refractivity contribution < 1.29 is 30.8 Å². The SMILES string of the molecule is O=C1/C(=C/c2ccc(-c3cc(C(F)(F)F)ccc3Cl)o2)SC(=S)N1NS(=O)(=O)c1ccccc1. The Morgan fingerprint density at radius 2 is 1.79 bits per heavy atom. The van der Waals surface area contributed by atoms with E-state index in [0.29, 0.717) is 0 Å². The first-order valence-electron chi connectivity index (χ1n) is 9.28. The highest BCUT2D eigenvalue weighted by Crippen LogP contribution is 2.38. The summed E-state index contributed by atoms with van der Waals surface area (Å²) in [5.74, 6) is -0.540. The van der Waals surface area contributed by atoms with Crippen LogP contribution in [0.4, 0.5) is 13.2 Å². The molecule has 3 aromatic rings. The first kappa shape index (κ1) is 24.5. The maximum atomic E-state index is 13.0. The summed E-state index contributed by atoms with van der Waals surface area (Å²) in [6.07, 6.45) is -3.25. The molecule has 34 heavy (non-hydrogen) atoms. The minimum Gasteiger partial charge on any atom is -0.457 e. The van der Waals surface area contributed by atoms with Gasteiger partial charge in [-0.05, 0) is 42.5 Å². The summed E-state index contributed by atoms with van der Waals surface area (Å²) in [7, 11) is -4.06. The number of hydrogen-bond acceptors (Lipinski definition) is 6. The standard InChI is InChI=1S/C21H12ClF3N2O4S3/c22-16-8-6-12(21(23,24)25)10-15(16)17-9-7-13(31-17)11-18-19(28)27(20(32)33-18)26-34(29,30)14-4-2-1-3-5-14/h1-11,26H/b18-11-. The van der Waals surface area contributed by atoms with Crippen LogP contribution in [0.5, 0.6) is 0 Å². The number of furan rings is 1. The summed E-state index contributed by atoms with van der Waals surface area (Å²) in [5.41, 5.74) is -0.865. The minimum atomic E-state index is -4.56. The third-order valence-electron chi connectivity index (χ3n) is 4.52. The van der Waals surface area contributed by atoms with E-state index in [1.807, 2.05) is 0 Å². The Hall–Kier alpha value is -2.64. The van der Waals surface area contributed by atoms with Crippen LogP contribution in [-0.4, -0.2) is 23.7 Å². The molecule has 6 nitrogen and oxygen atoms in total. The Morgan fingerprint density at radius 1 is 1.09 bits per heavy atom. The molecule has 1 aliphatic heterocycles. The molecule has 176 valence electrons. The molecular weight excluding hydrogens is 533 g/mol. The maximum absolute atomic E-state index is 13.0. The van der Waals surface area contributed by atoms with Crippen LogP contribution in [-0.2, 0) is 21.0 Å². The van der Waals surface area contributed by atoms with Gasteiger partial charge in [0.2, 0.25) is 0 Å². The number of sulfonamides is 1. The van der Waals surface area contributed by atoms with Crippen molar-refractivity contribution in [3.63, 3.8) is 0 Å². The van der Waals surface area contributed by atoms with Crippen molar-refractivity contribution in [1.29, 1.82) is 0 Å². The number of carbonyl (C=O) groups is 1. The van der Waals surface area contributed by atoms with Crippen LogP contribution in [0.2, 0.25) is 5.02 Å². The molecule has 0 atom stereocenters. The average Bonchev–Trinajstić information content (AvgIpc) is 3.34. The summed E-state index contributed by atoms with van der Waals surface area (Å²) in [5, 5.41) is 0.775. The van der Waals surface area contributed by atoms with E-state index < -0.39 is 27.7 Å². The summed E-state index contributed by atoms with van der Waals surface area (Å²) >= 11 is 12.0. The Kier molecular flexibility index (Phi) is 6.62. The lowest BCUT2D eigenvalue weighted by molar-refractivity contribution is -0.137. The molecule has 1 N–H and O–H groups in total. The number of alkyl halides is 3. The largest absolute Gasteiger partial charge is 0.457 e. The van der Waals surface area contributed by atoms with Crippen LogP contribution in [0.1, 0.15) is 11.3 Å². The highest BCUT2D eigenvalue weighted by atomic mass is 35.5. The Balaban J connectivity index is 1.58. The molecule has 0 aliphatic carbocycles. The number of hydrazine groups is 1. The predicted octanol–water partition coefficient (Wildman–Crippen LogP) is 5.71. The zero-order valence-corrected chi connectivity index (χ0v) is 19.9. The quantitative estimate of drug-likeness (QED) is 0.327. The second-order valence-electron chi connectivity index (χ2n) is 6.82. The minimum absolute atomic E-state index is 0.0271. The lowest BCUT2D eigenvalue weighted by Crippen LogP contribution is -2.44. The van der Waals surface area contributed by atoms with Gasteiger partial charge in [0, 0.05) is 11.6 Å². The third kappa shape index (κ3) is 5.05. The van der Waals surface area contributed by atoms with Crippen LogP contribution < -0.4 is 4.83 Å². The summed E-state index contributed by atoms with van der Waals surface area (Å²) in [4.78, 5) is 14.9. The van der Waals surface area contributed by atoms with Crippen molar-refractivity contribution in [1.82, 2.24) is 9.84 Å². The number of hydrogen-bond donors (Lipinski definition) is 1. The molecule has 1 aromatic heterocycles. The van der Waals surface area contributed by atoms with Crippen molar-refractivity contribution >= 4 is 61.9 Å². The van der Waals surface area contributed by atoms with E-state index in [1.165, 1.54) is 42.5 Å². The monoisotopic (exact) mass is 544 g/mol. The molecule has 0 bridgehead atoms. The molecule has 0 unspecified atom stereocenters. The number of nitrogens with one attached hydrogen (secondary N) is 1. The van der Waals surface area contributed by atoms with Gasteiger partial charge in [-0.15, -0.1) is 4.83 Å². The van der Waals surface area contributed by atoms with Crippen molar-refractivity contribution in [3.05, 3.63) is 81.9 Å². The molecule has 13 heteroatoms. The topological polar surface area (TPSA) is 79.6 Å². The lowest BCUT2D eigenvalue weighted by Gasteiger charge is -2.15. The molecule has 2 aromatic carbocycles. The first-order chi connectivity index (χ1) is 16.0. The van der Waals surface area contributed by atoms with E-state index in [4.69, 9.17) is 28.2 Å². The van der Waals surface area contributed by atoms with Crippen LogP contribution in [0.15, 0.2) is 74.9 Å². The van der Waals surface area contributed by atoms with Gasteiger partial charge in [0.15, 0.2) is 4.32 Å². The fraction of sp³-hybridized carbons (Fsp3) is 0.0476. The van der Waals surface area contributed by atoms with Crippen LogP contribution >= 0.6 is 35.6 Å². The molecule has 4 rings (SSSR count). The van der Waals surface area contributed by atoms with E-state index in [1.54, 1.807) is 6.07 Å².